The van der Waals surface area contributed by atoms with Crippen molar-refractivity contribution in [3.63, 3.8) is 0 Å². The Kier molecular flexibility index (Phi) is 5.73. The van der Waals surface area contributed by atoms with Crippen LogP contribution in [0.2, 0.25) is 0 Å². The van der Waals surface area contributed by atoms with E-state index < -0.39 is 10.8 Å². The van der Waals surface area contributed by atoms with E-state index in [4.69, 9.17) is 5.73 Å². The summed E-state index contributed by atoms with van der Waals surface area (Å²) in [7, 11) is -1.14. The SMILES string of the molecule is CC(C)C(C(N)c1ccccc1)S(=O)c1ccc(Br)cc1. The van der Waals surface area contributed by atoms with Crippen molar-refractivity contribution < 1.29 is 4.21 Å². The molecule has 0 fully saturated rings. The van der Waals surface area contributed by atoms with E-state index >= 15 is 0 Å². The highest BCUT2D eigenvalue weighted by atomic mass is 79.9. The predicted octanol–water partition coefficient (Wildman–Crippen LogP) is 4.28. The molecule has 2 aromatic carbocycles. The highest BCUT2D eigenvalue weighted by Crippen LogP contribution is 2.28. The standard InChI is InChI=1S/C17H20BrNOS/c1-12(2)17(16(19)13-6-4-3-5-7-13)21(20)15-10-8-14(18)9-11-15/h3-12,16-17H,19H2,1-2H3. The van der Waals surface area contributed by atoms with Gasteiger partial charge in [0.2, 0.25) is 0 Å². The maximum atomic E-state index is 12.9. The van der Waals surface area contributed by atoms with Crippen LogP contribution >= 0.6 is 15.9 Å². The van der Waals surface area contributed by atoms with Crippen molar-refractivity contribution in [2.45, 2.75) is 30.0 Å². The quantitative estimate of drug-likeness (QED) is 0.858. The van der Waals surface area contributed by atoms with Gasteiger partial charge in [-0.2, -0.15) is 0 Å². The summed E-state index contributed by atoms with van der Waals surface area (Å²) in [5.41, 5.74) is 7.44. The van der Waals surface area contributed by atoms with Crippen LogP contribution in [0.1, 0.15) is 25.5 Å². The molecule has 0 bridgehead atoms. The monoisotopic (exact) mass is 365 g/mol. The zero-order chi connectivity index (χ0) is 15.4. The molecule has 0 aliphatic heterocycles. The third kappa shape index (κ3) is 4.02. The Hall–Kier alpha value is -0.970. The second-order valence-electron chi connectivity index (χ2n) is 5.40. The van der Waals surface area contributed by atoms with Gasteiger partial charge in [-0.25, -0.2) is 0 Å². The summed E-state index contributed by atoms with van der Waals surface area (Å²) in [6.45, 7) is 4.15. The first kappa shape index (κ1) is 16.4. The lowest BCUT2D eigenvalue weighted by Gasteiger charge is -2.27. The maximum absolute atomic E-state index is 12.9. The Labute approximate surface area is 137 Å². The molecule has 0 heterocycles. The van der Waals surface area contributed by atoms with Crippen molar-refractivity contribution >= 4 is 26.7 Å². The molecule has 2 rings (SSSR count). The number of benzene rings is 2. The van der Waals surface area contributed by atoms with Crippen LogP contribution in [0, 0.1) is 5.92 Å². The van der Waals surface area contributed by atoms with Crippen LogP contribution in [0.15, 0.2) is 64.0 Å². The van der Waals surface area contributed by atoms with Gasteiger partial charge in [-0.3, -0.25) is 4.21 Å². The van der Waals surface area contributed by atoms with Crippen LogP contribution in [-0.2, 0) is 10.8 Å². The summed E-state index contributed by atoms with van der Waals surface area (Å²) in [5, 5.41) is -0.117. The van der Waals surface area contributed by atoms with Crippen molar-refractivity contribution in [2.24, 2.45) is 11.7 Å². The van der Waals surface area contributed by atoms with E-state index in [1.807, 2.05) is 54.6 Å². The second-order valence-corrected chi connectivity index (χ2v) is 7.92. The zero-order valence-electron chi connectivity index (χ0n) is 12.2. The molecular weight excluding hydrogens is 346 g/mol. The van der Waals surface area contributed by atoms with Crippen LogP contribution in [0.3, 0.4) is 0 Å². The highest BCUT2D eigenvalue weighted by Gasteiger charge is 2.29. The fourth-order valence-corrected chi connectivity index (χ4v) is 4.29. The minimum atomic E-state index is -1.14. The molecule has 3 unspecified atom stereocenters. The van der Waals surface area contributed by atoms with Crippen LogP contribution in [0.5, 0.6) is 0 Å². The van der Waals surface area contributed by atoms with Gasteiger partial charge < -0.3 is 5.73 Å². The van der Waals surface area contributed by atoms with Gasteiger partial charge in [-0.15, -0.1) is 0 Å². The van der Waals surface area contributed by atoms with Gasteiger partial charge in [0.15, 0.2) is 0 Å². The molecule has 4 heteroatoms. The highest BCUT2D eigenvalue weighted by molar-refractivity contribution is 9.10. The van der Waals surface area contributed by atoms with Crippen molar-refractivity contribution in [1.82, 2.24) is 0 Å². The van der Waals surface area contributed by atoms with Gasteiger partial charge in [0, 0.05) is 15.4 Å². The average Bonchev–Trinajstić information content (AvgIpc) is 2.48. The fourth-order valence-electron chi connectivity index (χ4n) is 2.39. The lowest BCUT2D eigenvalue weighted by Crippen LogP contribution is -2.34. The fraction of sp³-hybridized carbons (Fsp3) is 0.294. The number of hydrogen-bond donors (Lipinski definition) is 1. The molecule has 0 amide bonds. The van der Waals surface area contributed by atoms with Crippen LogP contribution in [0.25, 0.3) is 0 Å². The molecule has 0 saturated carbocycles. The molecule has 0 aliphatic carbocycles. The Morgan fingerprint density at radius 1 is 1.00 bits per heavy atom. The van der Waals surface area contributed by atoms with Gasteiger partial charge >= 0.3 is 0 Å². The Morgan fingerprint density at radius 2 is 1.57 bits per heavy atom. The van der Waals surface area contributed by atoms with Gasteiger partial charge in [0.25, 0.3) is 0 Å². The van der Waals surface area contributed by atoms with Crippen LogP contribution < -0.4 is 5.73 Å². The van der Waals surface area contributed by atoms with E-state index in [-0.39, 0.29) is 17.2 Å². The molecule has 0 radical (unpaired) electrons. The van der Waals surface area contributed by atoms with E-state index in [9.17, 15) is 4.21 Å². The first-order valence-electron chi connectivity index (χ1n) is 6.97. The average molecular weight is 366 g/mol. The normalized spacial score (nSPS) is 15.7. The summed E-state index contributed by atoms with van der Waals surface area (Å²) in [5.74, 6) is 0.227. The summed E-state index contributed by atoms with van der Waals surface area (Å²) >= 11 is 3.40. The van der Waals surface area contributed by atoms with Gasteiger partial charge in [0.1, 0.15) is 0 Å². The van der Waals surface area contributed by atoms with E-state index in [0.717, 1.165) is 14.9 Å². The van der Waals surface area contributed by atoms with E-state index in [0.29, 0.717) is 0 Å². The van der Waals surface area contributed by atoms with Crippen molar-refractivity contribution in [2.75, 3.05) is 0 Å². The van der Waals surface area contributed by atoms with E-state index in [1.54, 1.807) is 0 Å². The molecule has 0 aromatic heterocycles. The smallest absolute Gasteiger partial charge is 0.0610 e. The Balaban J connectivity index is 2.30. The topological polar surface area (TPSA) is 43.1 Å². The van der Waals surface area contributed by atoms with Crippen LogP contribution in [-0.4, -0.2) is 9.46 Å². The number of nitrogens with two attached hydrogens (primary N) is 1. The number of halogens is 1. The molecular formula is C17H20BrNOS. The molecule has 2 nitrogen and oxygen atoms in total. The van der Waals surface area contributed by atoms with Gasteiger partial charge in [-0.1, -0.05) is 60.1 Å². The molecule has 0 aliphatic rings. The lowest BCUT2D eigenvalue weighted by atomic mass is 9.97. The van der Waals surface area contributed by atoms with Crippen molar-refractivity contribution in [1.29, 1.82) is 0 Å². The molecule has 0 spiro atoms. The molecule has 3 atom stereocenters. The van der Waals surface area contributed by atoms with E-state index in [1.165, 1.54) is 0 Å². The predicted molar refractivity (Wildman–Crippen MR) is 92.5 cm³/mol. The summed E-state index contributed by atoms with van der Waals surface area (Å²) in [6, 6.07) is 17.3. The molecule has 112 valence electrons. The Bertz CT molecular complexity index is 598. The van der Waals surface area contributed by atoms with Crippen molar-refractivity contribution in [3.8, 4) is 0 Å². The summed E-state index contributed by atoms with van der Waals surface area (Å²) in [6.07, 6.45) is 0. The largest absolute Gasteiger partial charge is 0.323 e. The Morgan fingerprint density at radius 3 is 2.10 bits per heavy atom. The number of rotatable bonds is 5. The second kappa shape index (κ2) is 7.34. The van der Waals surface area contributed by atoms with E-state index in [2.05, 4.69) is 29.8 Å². The third-order valence-electron chi connectivity index (χ3n) is 3.49. The summed E-state index contributed by atoms with van der Waals surface area (Å²) < 4.78 is 13.9. The first-order chi connectivity index (χ1) is 10.0. The number of hydrogen-bond acceptors (Lipinski definition) is 2. The summed E-state index contributed by atoms with van der Waals surface area (Å²) in [4.78, 5) is 0.822. The molecule has 0 saturated heterocycles. The minimum absolute atomic E-state index is 0.117. The molecule has 2 aromatic rings. The third-order valence-corrected chi connectivity index (χ3v) is 6.09. The maximum Gasteiger partial charge on any atom is 0.0610 e. The molecule has 21 heavy (non-hydrogen) atoms. The van der Waals surface area contributed by atoms with Crippen LogP contribution in [0.4, 0.5) is 0 Å². The van der Waals surface area contributed by atoms with Gasteiger partial charge in [0.05, 0.1) is 16.0 Å². The first-order valence-corrected chi connectivity index (χ1v) is 8.98. The van der Waals surface area contributed by atoms with Gasteiger partial charge in [-0.05, 0) is 35.7 Å². The van der Waals surface area contributed by atoms with Crippen molar-refractivity contribution in [3.05, 3.63) is 64.6 Å². The zero-order valence-corrected chi connectivity index (χ0v) is 14.6. The molecule has 2 N–H and O–H groups in total. The minimum Gasteiger partial charge on any atom is -0.323 e. The lowest BCUT2D eigenvalue weighted by molar-refractivity contribution is 0.510.